The highest BCUT2D eigenvalue weighted by molar-refractivity contribution is 7.92. The zero-order chi connectivity index (χ0) is 26.7. The number of thiazole rings is 1. The molecule has 0 bridgehead atoms. The maximum Gasteiger partial charge on any atom is 0.261 e. The van der Waals surface area contributed by atoms with Crippen molar-refractivity contribution in [1.82, 2.24) is 15.2 Å². The van der Waals surface area contributed by atoms with Crippen LogP contribution in [0.5, 0.6) is 0 Å². The lowest BCUT2D eigenvalue weighted by Gasteiger charge is -2.34. The van der Waals surface area contributed by atoms with Gasteiger partial charge in [0, 0.05) is 55.5 Å². The fourth-order valence-corrected chi connectivity index (χ4v) is 6.59. The molecule has 3 aromatic carbocycles. The van der Waals surface area contributed by atoms with Gasteiger partial charge in [0.25, 0.3) is 15.9 Å². The molecular weight excluding hydrogens is 577 g/mol. The number of hydrogen-bond donors (Lipinski definition) is 2. The lowest BCUT2D eigenvalue weighted by molar-refractivity contribution is 0.0948. The van der Waals surface area contributed by atoms with E-state index in [1.807, 2.05) is 0 Å². The van der Waals surface area contributed by atoms with E-state index in [1.165, 1.54) is 40.6 Å². The summed E-state index contributed by atoms with van der Waals surface area (Å²) in [5.41, 5.74) is 2.99. The number of rotatable bonds is 8. The van der Waals surface area contributed by atoms with Crippen LogP contribution in [0.1, 0.15) is 15.9 Å². The third-order valence-corrected chi connectivity index (χ3v) is 9.12. The number of nitrogens with one attached hydrogen (secondary N) is 2. The van der Waals surface area contributed by atoms with Gasteiger partial charge in [-0.2, -0.15) is 0 Å². The van der Waals surface area contributed by atoms with Crippen molar-refractivity contribution >= 4 is 72.3 Å². The predicted molar refractivity (Wildman–Crippen MR) is 161 cm³/mol. The molecule has 1 amide bonds. The van der Waals surface area contributed by atoms with Gasteiger partial charge < -0.3 is 10.2 Å². The van der Waals surface area contributed by atoms with E-state index in [0.29, 0.717) is 22.8 Å². The first kappa shape index (κ1) is 29.1. The molecule has 5 rings (SSSR count). The first-order chi connectivity index (χ1) is 18.3. The highest BCUT2D eigenvalue weighted by atomic mass is 35.5. The number of sulfonamides is 1. The summed E-state index contributed by atoms with van der Waals surface area (Å²) in [5.74, 6) is -0.249. The zero-order valence-corrected chi connectivity index (χ0v) is 24.5. The largest absolute Gasteiger partial charge is 0.351 e. The fourth-order valence-electron chi connectivity index (χ4n) is 4.30. The summed E-state index contributed by atoms with van der Waals surface area (Å²) in [5, 5.41) is 4.46. The van der Waals surface area contributed by atoms with Crippen LogP contribution in [0.2, 0.25) is 5.02 Å². The number of fused-ring (bicyclic) bond motifs is 1. The molecule has 12 heteroatoms. The molecule has 1 aliphatic heterocycles. The summed E-state index contributed by atoms with van der Waals surface area (Å²) in [6.45, 7) is 6.91. The summed E-state index contributed by atoms with van der Waals surface area (Å²) in [4.78, 5) is 22.3. The van der Waals surface area contributed by atoms with Gasteiger partial charge in [-0.15, -0.1) is 12.4 Å². The molecule has 1 fully saturated rings. The lowest BCUT2D eigenvalue weighted by atomic mass is 10.2. The maximum absolute atomic E-state index is 12.7. The van der Waals surface area contributed by atoms with Crippen LogP contribution in [0.15, 0.2) is 71.6 Å². The Morgan fingerprint density at radius 2 is 1.77 bits per heavy atom. The smallest absolute Gasteiger partial charge is 0.261 e. The first-order valence-electron chi connectivity index (χ1n) is 12.3. The van der Waals surface area contributed by atoms with E-state index in [-0.39, 0.29) is 23.2 Å². The van der Waals surface area contributed by atoms with E-state index in [2.05, 4.69) is 45.0 Å². The Kier molecular flexibility index (Phi) is 9.35. The summed E-state index contributed by atoms with van der Waals surface area (Å²) in [7, 11) is -3.79. The predicted octanol–water partition coefficient (Wildman–Crippen LogP) is 5.03. The van der Waals surface area contributed by atoms with Crippen molar-refractivity contribution in [1.29, 1.82) is 0 Å². The number of carbonyl (C=O) groups excluding carboxylic acids is 1. The number of anilines is 2. The van der Waals surface area contributed by atoms with E-state index < -0.39 is 10.0 Å². The number of halogens is 2. The number of carbonyl (C=O) groups is 1. The third kappa shape index (κ3) is 7.20. The summed E-state index contributed by atoms with van der Waals surface area (Å²) >= 11 is 7.59. The SMILES string of the molecule is Cc1ccc2nc(N3CCN(CCNC(=O)c4cccc(NS(=O)(=O)c5ccc(Cl)cc5)c4)CC3)sc2c1.Cl. The number of piperazine rings is 1. The van der Waals surface area contributed by atoms with Gasteiger partial charge in [-0.25, -0.2) is 13.4 Å². The minimum Gasteiger partial charge on any atom is -0.351 e. The van der Waals surface area contributed by atoms with Crippen LogP contribution in [0, 0.1) is 6.92 Å². The van der Waals surface area contributed by atoms with Crippen molar-refractivity contribution in [3.8, 4) is 0 Å². The molecule has 0 saturated carbocycles. The second-order valence-electron chi connectivity index (χ2n) is 9.19. The van der Waals surface area contributed by atoms with Crippen molar-refractivity contribution in [3.63, 3.8) is 0 Å². The number of nitrogens with zero attached hydrogens (tertiary/aromatic N) is 3. The van der Waals surface area contributed by atoms with E-state index in [9.17, 15) is 13.2 Å². The van der Waals surface area contributed by atoms with Gasteiger partial charge in [-0.1, -0.05) is 35.1 Å². The third-order valence-electron chi connectivity index (χ3n) is 6.39. The van der Waals surface area contributed by atoms with Gasteiger partial charge in [-0.3, -0.25) is 14.4 Å². The molecule has 0 spiro atoms. The monoisotopic (exact) mass is 605 g/mol. The fraction of sp³-hybridized carbons (Fsp3) is 0.259. The van der Waals surface area contributed by atoms with E-state index >= 15 is 0 Å². The minimum atomic E-state index is -3.79. The van der Waals surface area contributed by atoms with Crippen LogP contribution < -0.4 is 14.9 Å². The van der Waals surface area contributed by atoms with Crippen LogP contribution >= 0.6 is 35.3 Å². The molecule has 39 heavy (non-hydrogen) atoms. The minimum absolute atomic E-state index is 0. The van der Waals surface area contributed by atoms with E-state index in [0.717, 1.165) is 43.4 Å². The molecule has 0 unspecified atom stereocenters. The molecule has 1 aromatic heterocycles. The number of amides is 1. The Balaban J connectivity index is 0.00000353. The summed E-state index contributed by atoms with van der Waals surface area (Å²) in [6, 6.07) is 18.7. The van der Waals surface area contributed by atoms with Crippen LogP contribution in [0.4, 0.5) is 10.8 Å². The van der Waals surface area contributed by atoms with Crippen LogP contribution in [-0.4, -0.2) is 63.5 Å². The number of aromatic nitrogens is 1. The molecule has 0 atom stereocenters. The van der Waals surface area contributed by atoms with Gasteiger partial charge in [-0.05, 0) is 67.1 Å². The van der Waals surface area contributed by atoms with Gasteiger partial charge in [0.05, 0.1) is 15.1 Å². The molecule has 8 nitrogen and oxygen atoms in total. The van der Waals surface area contributed by atoms with Crippen molar-refractivity contribution < 1.29 is 13.2 Å². The van der Waals surface area contributed by atoms with E-state index in [4.69, 9.17) is 16.6 Å². The Morgan fingerprint density at radius 1 is 1.03 bits per heavy atom. The number of benzene rings is 3. The number of hydrogen-bond acceptors (Lipinski definition) is 7. The van der Waals surface area contributed by atoms with Crippen molar-refractivity contribution in [2.24, 2.45) is 0 Å². The molecule has 206 valence electrons. The average Bonchev–Trinajstić information content (AvgIpc) is 3.32. The Hall–Kier alpha value is -2.89. The summed E-state index contributed by atoms with van der Waals surface area (Å²) in [6.07, 6.45) is 0. The molecule has 4 aromatic rings. The quantitative estimate of drug-likeness (QED) is 0.292. The zero-order valence-electron chi connectivity index (χ0n) is 21.3. The second kappa shape index (κ2) is 12.5. The highest BCUT2D eigenvalue weighted by Gasteiger charge is 2.20. The molecule has 1 aliphatic rings. The van der Waals surface area contributed by atoms with Crippen molar-refractivity contribution in [2.45, 2.75) is 11.8 Å². The summed E-state index contributed by atoms with van der Waals surface area (Å²) < 4.78 is 29.0. The number of aryl methyl sites for hydroxylation is 1. The molecular formula is C27H29Cl2N5O3S2. The van der Waals surface area contributed by atoms with Crippen LogP contribution in [0.25, 0.3) is 10.2 Å². The molecule has 2 heterocycles. The van der Waals surface area contributed by atoms with Crippen molar-refractivity contribution in [2.75, 3.05) is 48.9 Å². The molecule has 1 saturated heterocycles. The van der Waals surface area contributed by atoms with E-state index in [1.54, 1.807) is 29.5 Å². The molecule has 2 N–H and O–H groups in total. The highest BCUT2D eigenvalue weighted by Crippen LogP contribution is 2.30. The molecule has 0 radical (unpaired) electrons. The lowest BCUT2D eigenvalue weighted by Crippen LogP contribution is -2.48. The van der Waals surface area contributed by atoms with Gasteiger partial charge in [0.1, 0.15) is 0 Å². The maximum atomic E-state index is 12.7. The Labute approximate surface area is 243 Å². The average molecular weight is 607 g/mol. The second-order valence-corrected chi connectivity index (χ2v) is 12.3. The van der Waals surface area contributed by atoms with Crippen molar-refractivity contribution in [3.05, 3.63) is 82.9 Å². The topological polar surface area (TPSA) is 94.6 Å². The first-order valence-corrected chi connectivity index (χ1v) is 15.0. The Morgan fingerprint density at radius 3 is 2.51 bits per heavy atom. The van der Waals surface area contributed by atoms with Gasteiger partial charge in [0.2, 0.25) is 0 Å². The van der Waals surface area contributed by atoms with Gasteiger partial charge >= 0.3 is 0 Å². The van der Waals surface area contributed by atoms with Gasteiger partial charge in [0.15, 0.2) is 5.13 Å². The Bertz CT molecular complexity index is 1550. The normalized spacial score (nSPS) is 14.2. The van der Waals surface area contributed by atoms with Crippen LogP contribution in [-0.2, 0) is 10.0 Å². The molecule has 0 aliphatic carbocycles. The van der Waals surface area contributed by atoms with Crippen LogP contribution in [0.3, 0.4) is 0 Å². The standard InChI is InChI=1S/C27H28ClN5O3S2.ClH/c1-19-5-10-24-25(17-19)37-27(30-24)33-15-13-32(14-16-33)12-11-29-26(34)20-3-2-4-22(18-20)31-38(35,36)23-8-6-21(28)7-9-23;/h2-10,17-18,31H,11-16H2,1H3,(H,29,34);1H.